The van der Waals surface area contributed by atoms with Crippen molar-refractivity contribution in [3.05, 3.63) is 45.2 Å². The Balaban J connectivity index is 2.08. The summed E-state index contributed by atoms with van der Waals surface area (Å²) in [5, 5.41) is 6.12. The molecule has 21 heavy (non-hydrogen) atoms. The molecule has 0 amide bonds. The Bertz CT molecular complexity index is 557. The topological polar surface area (TPSA) is 28.2 Å². The standard InChI is InChI=1S/C16H22ClN3S/c1-4-18-11-15-14(17)7-8-16(19-15)20(3)12(2)10-13-6-5-9-21-13/h5-9,12,18H,4,10-11H2,1-3H3. The lowest BCUT2D eigenvalue weighted by Gasteiger charge is -2.26. The third-order valence-electron chi connectivity index (χ3n) is 3.55. The summed E-state index contributed by atoms with van der Waals surface area (Å²) in [6, 6.07) is 8.60. The zero-order valence-corrected chi connectivity index (χ0v) is 14.3. The van der Waals surface area contributed by atoms with Gasteiger partial charge < -0.3 is 10.2 Å². The molecule has 0 aliphatic rings. The summed E-state index contributed by atoms with van der Waals surface area (Å²) in [6.07, 6.45) is 1.03. The second-order valence-corrected chi connectivity index (χ2v) is 6.56. The van der Waals surface area contributed by atoms with Crippen LogP contribution >= 0.6 is 22.9 Å². The van der Waals surface area contributed by atoms with Gasteiger partial charge in [0.2, 0.25) is 0 Å². The number of anilines is 1. The average molecular weight is 324 g/mol. The van der Waals surface area contributed by atoms with Gasteiger partial charge in [0, 0.05) is 30.9 Å². The molecule has 2 rings (SSSR count). The number of hydrogen-bond acceptors (Lipinski definition) is 4. The lowest BCUT2D eigenvalue weighted by atomic mass is 10.2. The first-order chi connectivity index (χ1) is 10.1. The first-order valence-electron chi connectivity index (χ1n) is 7.23. The molecule has 0 spiro atoms. The van der Waals surface area contributed by atoms with E-state index >= 15 is 0 Å². The van der Waals surface area contributed by atoms with Gasteiger partial charge in [-0.2, -0.15) is 0 Å². The van der Waals surface area contributed by atoms with Gasteiger partial charge in [-0.3, -0.25) is 0 Å². The molecule has 0 radical (unpaired) electrons. The summed E-state index contributed by atoms with van der Waals surface area (Å²) in [5.41, 5.74) is 0.909. The van der Waals surface area contributed by atoms with Crippen molar-refractivity contribution in [1.29, 1.82) is 0 Å². The van der Waals surface area contributed by atoms with Gasteiger partial charge in [-0.05, 0) is 37.0 Å². The maximum absolute atomic E-state index is 6.21. The Labute approximate surface area is 136 Å². The van der Waals surface area contributed by atoms with Crippen molar-refractivity contribution in [2.24, 2.45) is 0 Å². The van der Waals surface area contributed by atoms with E-state index in [1.165, 1.54) is 4.88 Å². The van der Waals surface area contributed by atoms with E-state index in [0.29, 0.717) is 12.6 Å². The van der Waals surface area contributed by atoms with Crippen LogP contribution in [-0.4, -0.2) is 24.6 Å². The first-order valence-corrected chi connectivity index (χ1v) is 8.49. The van der Waals surface area contributed by atoms with Gasteiger partial charge in [-0.15, -0.1) is 11.3 Å². The minimum atomic E-state index is 0.393. The van der Waals surface area contributed by atoms with Crippen LogP contribution in [0.1, 0.15) is 24.4 Å². The Kier molecular flexibility index (Phi) is 6.03. The molecular formula is C16H22ClN3S. The fourth-order valence-electron chi connectivity index (χ4n) is 2.12. The molecule has 114 valence electrons. The van der Waals surface area contributed by atoms with Crippen molar-refractivity contribution in [3.63, 3.8) is 0 Å². The van der Waals surface area contributed by atoms with Crippen LogP contribution in [0.15, 0.2) is 29.6 Å². The summed E-state index contributed by atoms with van der Waals surface area (Å²) >= 11 is 8.01. The molecule has 2 aromatic heterocycles. The molecule has 0 aliphatic heterocycles. The van der Waals surface area contributed by atoms with Crippen LogP contribution in [0.3, 0.4) is 0 Å². The molecule has 3 nitrogen and oxygen atoms in total. The number of aromatic nitrogens is 1. The molecule has 2 aromatic rings. The Hall–Kier alpha value is -1.10. The number of nitrogens with zero attached hydrogens (tertiary/aromatic N) is 2. The summed E-state index contributed by atoms with van der Waals surface area (Å²) in [6.45, 7) is 5.91. The molecule has 2 heterocycles. The van der Waals surface area contributed by atoms with Crippen molar-refractivity contribution >= 4 is 28.8 Å². The number of rotatable bonds is 7. The number of likely N-dealkylation sites (N-methyl/N-ethyl adjacent to an activating group) is 1. The Morgan fingerprint density at radius 3 is 2.86 bits per heavy atom. The molecule has 0 aromatic carbocycles. The third kappa shape index (κ3) is 4.43. The second kappa shape index (κ2) is 7.78. The summed E-state index contributed by atoms with van der Waals surface area (Å²) < 4.78 is 0. The highest BCUT2D eigenvalue weighted by atomic mass is 35.5. The van der Waals surface area contributed by atoms with Gasteiger partial charge in [-0.25, -0.2) is 4.98 Å². The number of thiophene rings is 1. The van der Waals surface area contributed by atoms with Crippen molar-refractivity contribution in [1.82, 2.24) is 10.3 Å². The molecular weight excluding hydrogens is 302 g/mol. The number of nitrogens with one attached hydrogen (secondary N) is 1. The van der Waals surface area contributed by atoms with E-state index in [1.807, 2.05) is 12.1 Å². The zero-order chi connectivity index (χ0) is 15.2. The van der Waals surface area contributed by atoms with Gasteiger partial charge in [0.15, 0.2) is 0 Å². The van der Waals surface area contributed by atoms with Gasteiger partial charge in [0.1, 0.15) is 5.82 Å². The first kappa shape index (κ1) is 16.3. The van der Waals surface area contributed by atoms with Gasteiger partial charge >= 0.3 is 0 Å². The normalized spacial score (nSPS) is 12.4. The summed E-state index contributed by atoms with van der Waals surface area (Å²) in [5.74, 6) is 0.969. The highest BCUT2D eigenvalue weighted by Gasteiger charge is 2.14. The maximum Gasteiger partial charge on any atom is 0.128 e. The maximum atomic E-state index is 6.21. The number of hydrogen-bond donors (Lipinski definition) is 1. The van der Waals surface area contributed by atoms with E-state index in [-0.39, 0.29) is 0 Å². The van der Waals surface area contributed by atoms with Gasteiger partial charge in [-0.1, -0.05) is 24.6 Å². The predicted molar refractivity (Wildman–Crippen MR) is 92.5 cm³/mol. The molecule has 1 atom stereocenters. The number of halogens is 1. The molecule has 1 N–H and O–H groups in total. The SMILES string of the molecule is CCNCc1nc(N(C)C(C)Cc2cccs2)ccc1Cl. The predicted octanol–water partition coefficient (Wildman–Crippen LogP) is 3.97. The van der Waals surface area contributed by atoms with Crippen LogP contribution in [0, 0.1) is 0 Å². The lowest BCUT2D eigenvalue weighted by Crippen LogP contribution is -2.31. The molecule has 0 aliphatic carbocycles. The molecule has 5 heteroatoms. The average Bonchev–Trinajstić information content (AvgIpc) is 2.98. The highest BCUT2D eigenvalue weighted by molar-refractivity contribution is 7.09. The van der Waals surface area contributed by atoms with E-state index in [2.05, 4.69) is 48.6 Å². The molecule has 0 saturated carbocycles. The summed E-state index contributed by atoms with van der Waals surface area (Å²) in [7, 11) is 2.09. The fraction of sp³-hybridized carbons (Fsp3) is 0.438. The largest absolute Gasteiger partial charge is 0.357 e. The third-order valence-corrected chi connectivity index (χ3v) is 4.79. The minimum absolute atomic E-state index is 0.393. The number of pyridine rings is 1. The van der Waals surface area contributed by atoms with Crippen LogP contribution in [0.5, 0.6) is 0 Å². The fourth-order valence-corrected chi connectivity index (χ4v) is 3.12. The van der Waals surface area contributed by atoms with Crippen molar-refractivity contribution in [3.8, 4) is 0 Å². The Morgan fingerprint density at radius 1 is 1.38 bits per heavy atom. The van der Waals surface area contributed by atoms with Crippen molar-refractivity contribution < 1.29 is 0 Å². The Morgan fingerprint density at radius 2 is 2.19 bits per heavy atom. The summed E-state index contributed by atoms with van der Waals surface area (Å²) in [4.78, 5) is 8.31. The van der Waals surface area contributed by atoms with E-state index in [4.69, 9.17) is 16.6 Å². The zero-order valence-electron chi connectivity index (χ0n) is 12.8. The molecule has 0 bridgehead atoms. The van der Waals surface area contributed by atoms with Crippen LogP contribution in [0.2, 0.25) is 5.02 Å². The molecule has 0 saturated heterocycles. The minimum Gasteiger partial charge on any atom is -0.357 e. The monoisotopic (exact) mass is 323 g/mol. The van der Waals surface area contributed by atoms with Gasteiger partial charge in [0.05, 0.1) is 10.7 Å². The second-order valence-electron chi connectivity index (χ2n) is 5.12. The van der Waals surface area contributed by atoms with E-state index in [0.717, 1.165) is 29.5 Å². The van der Waals surface area contributed by atoms with Gasteiger partial charge in [0.25, 0.3) is 0 Å². The molecule has 0 fully saturated rings. The van der Waals surface area contributed by atoms with Crippen LogP contribution in [0.25, 0.3) is 0 Å². The van der Waals surface area contributed by atoms with Crippen LogP contribution in [-0.2, 0) is 13.0 Å². The van der Waals surface area contributed by atoms with Crippen molar-refractivity contribution in [2.45, 2.75) is 32.9 Å². The van der Waals surface area contributed by atoms with Crippen molar-refractivity contribution in [2.75, 3.05) is 18.5 Å². The molecule has 1 unspecified atom stereocenters. The van der Waals surface area contributed by atoms with Crippen LogP contribution < -0.4 is 10.2 Å². The van der Waals surface area contributed by atoms with Crippen LogP contribution in [0.4, 0.5) is 5.82 Å². The van der Waals surface area contributed by atoms with E-state index in [1.54, 1.807) is 11.3 Å². The quantitative estimate of drug-likeness (QED) is 0.835. The van der Waals surface area contributed by atoms with E-state index in [9.17, 15) is 0 Å². The smallest absolute Gasteiger partial charge is 0.128 e. The van der Waals surface area contributed by atoms with E-state index < -0.39 is 0 Å². The highest BCUT2D eigenvalue weighted by Crippen LogP contribution is 2.22. The lowest BCUT2D eigenvalue weighted by molar-refractivity contribution is 0.671.